The van der Waals surface area contributed by atoms with Crippen molar-refractivity contribution in [3.63, 3.8) is 0 Å². The number of hydrogen-bond acceptors (Lipinski definition) is 5. The number of esters is 1. The fourth-order valence-corrected chi connectivity index (χ4v) is 2.11. The smallest absolute Gasteiger partial charge is 0.338 e. The maximum Gasteiger partial charge on any atom is 0.338 e. The molecule has 0 fully saturated rings. The van der Waals surface area contributed by atoms with Crippen molar-refractivity contribution in [3.8, 4) is 5.75 Å². The molecule has 24 heavy (non-hydrogen) atoms. The lowest BCUT2D eigenvalue weighted by atomic mass is 10.2. The second kappa shape index (κ2) is 7.41. The molecule has 1 aromatic carbocycles. The monoisotopic (exact) mass is 323 g/mol. The zero-order valence-electron chi connectivity index (χ0n) is 13.3. The van der Waals surface area contributed by atoms with Gasteiger partial charge in [-0.1, -0.05) is 6.07 Å². The van der Waals surface area contributed by atoms with Crippen LogP contribution in [0.2, 0.25) is 0 Å². The summed E-state index contributed by atoms with van der Waals surface area (Å²) in [5, 5.41) is 4.03. The third-order valence-electron chi connectivity index (χ3n) is 3.33. The van der Waals surface area contributed by atoms with Gasteiger partial charge in [-0.2, -0.15) is 5.10 Å². The average molecular weight is 323 g/mol. The van der Waals surface area contributed by atoms with Crippen LogP contribution in [0.15, 0.2) is 61.1 Å². The van der Waals surface area contributed by atoms with E-state index in [-0.39, 0.29) is 12.6 Å². The molecule has 0 spiro atoms. The second-order valence-corrected chi connectivity index (χ2v) is 5.23. The highest BCUT2D eigenvalue weighted by molar-refractivity contribution is 5.89. The first-order valence-corrected chi connectivity index (χ1v) is 7.48. The van der Waals surface area contributed by atoms with E-state index in [0.717, 1.165) is 11.3 Å². The molecule has 2 heterocycles. The van der Waals surface area contributed by atoms with E-state index in [0.29, 0.717) is 17.9 Å². The first-order chi connectivity index (χ1) is 11.7. The van der Waals surface area contributed by atoms with Gasteiger partial charge in [0.15, 0.2) is 0 Å². The number of benzene rings is 1. The van der Waals surface area contributed by atoms with Crippen molar-refractivity contribution < 1.29 is 14.3 Å². The number of hydrogen-bond donors (Lipinski definition) is 0. The first-order valence-electron chi connectivity index (χ1n) is 7.48. The van der Waals surface area contributed by atoms with Crippen molar-refractivity contribution in [1.29, 1.82) is 0 Å². The Balaban J connectivity index is 1.52. The topological polar surface area (TPSA) is 66.2 Å². The predicted molar refractivity (Wildman–Crippen MR) is 87.3 cm³/mol. The molecule has 0 aliphatic carbocycles. The van der Waals surface area contributed by atoms with Gasteiger partial charge in [0.1, 0.15) is 19.0 Å². The van der Waals surface area contributed by atoms with Crippen molar-refractivity contribution in [3.05, 3.63) is 77.9 Å². The fourth-order valence-electron chi connectivity index (χ4n) is 2.11. The van der Waals surface area contributed by atoms with Gasteiger partial charge in [-0.05, 0) is 36.4 Å². The van der Waals surface area contributed by atoms with Crippen LogP contribution in [-0.4, -0.2) is 20.7 Å². The molecule has 0 saturated carbocycles. The summed E-state index contributed by atoms with van der Waals surface area (Å²) < 4.78 is 12.6. The summed E-state index contributed by atoms with van der Waals surface area (Å²) in [6, 6.07) is 12.5. The number of carbonyl (C=O) groups is 1. The third-order valence-corrected chi connectivity index (χ3v) is 3.33. The summed E-state index contributed by atoms with van der Waals surface area (Å²) in [4.78, 5) is 16.2. The molecule has 0 radical (unpaired) electrons. The van der Waals surface area contributed by atoms with Crippen LogP contribution in [0.1, 0.15) is 21.6 Å². The van der Waals surface area contributed by atoms with Gasteiger partial charge >= 0.3 is 5.97 Å². The number of carbonyl (C=O) groups excluding carboxylic acids is 1. The molecule has 0 unspecified atom stereocenters. The number of ether oxygens (including phenoxy) is 2. The lowest BCUT2D eigenvalue weighted by molar-refractivity contribution is 0.0472. The molecule has 0 amide bonds. The van der Waals surface area contributed by atoms with E-state index in [1.54, 1.807) is 41.3 Å². The molecule has 122 valence electrons. The van der Waals surface area contributed by atoms with Crippen molar-refractivity contribution in [2.45, 2.75) is 13.2 Å². The average Bonchev–Trinajstić information content (AvgIpc) is 3.04. The summed E-state index contributed by atoms with van der Waals surface area (Å²) in [6.07, 6.45) is 5.20. The molecule has 2 aromatic heterocycles. The molecular weight excluding hydrogens is 306 g/mol. The quantitative estimate of drug-likeness (QED) is 0.653. The maximum absolute atomic E-state index is 12.0. The van der Waals surface area contributed by atoms with Crippen LogP contribution in [0.5, 0.6) is 5.75 Å². The molecule has 0 bridgehead atoms. The van der Waals surface area contributed by atoms with E-state index in [2.05, 4.69) is 10.1 Å². The van der Waals surface area contributed by atoms with E-state index in [4.69, 9.17) is 9.47 Å². The normalized spacial score (nSPS) is 10.4. The Labute approximate surface area is 139 Å². The van der Waals surface area contributed by atoms with Gasteiger partial charge < -0.3 is 9.47 Å². The Hall–Kier alpha value is -3.15. The highest BCUT2D eigenvalue weighted by atomic mass is 16.5. The molecule has 0 saturated heterocycles. The van der Waals surface area contributed by atoms with E-state index in [1.165, 1.54) is 0 Å². The molecular formula is C18H17N3O3. The van der Waals surface area contributed by atoms with Gasteiger partial charge in [0.25, 0.3) is 0 Å². The number of aromatic nitrogens is 3. The number of aryl methyl sites for hydroxylation is 1. The van der Waals surface area contributed by atoms with Gasteiger partial charge in [0.2, 0.25) is 0 Å². The Morgan fingerprint density at radius 2 is 1.96 bits per heavy atom. The van der Waals surface area contributed by atoms with Crippen LogP contribution >= 0.6 is 0 Å². The molecule has 6 heteroatoms. The van der Waals surface area contributed by atoms with E-state index >= 15 is 0 Å². The lowest BCUT2D eigenvalue weighted by Gasteiger charge is -2.07. The van der Waals surface area contributed by atoms with Gasteiger partial charge in [-0.15, -0.1) is 0 Å². The van der Waals surface area contributed by atoms with Crippen molar-refractivity contribution in [2.75, 3.05) is 0 Å². The Bertz CT molecular complexity index is 798. The summed E-state index contributed by atoms with van der Waals surface area (Å²) in [7, 11) is 1.81. The summed E-state index contributed by atoms with van der Waals surface area (Å²) in [5.74, 6) is 0.291. The molecule has 0 atom stereocenters. The van der Waals surface area contributed by atoms with Crippen LogP contribution in [0.25, 0.3) is 0 Å². The van der Waals surface area contributed by atoms with Gasteiger partial charge in [-0.25, -0.2) is 4.79 Å². The largest absolute Gasteiger partial charge is 0.487 e. The highest BCUT2D eigenvalue weighted by Gasteiger charge is 2.08. The predicted octanol–water partition coefficient (Wildman–Crippen LogP) is 2.75. The number of rotatable bonds is 6. The van der Waals surface area contributed by atoms with E-state index in [9.17, 15) is 4.79 Å². The molecule has 0 N–H and O–H groups in total. The lowest BCUT2D eigenvalue weighted by Crippen LogP contribution is -2.05. The van der Waals surface area contributed by atoms with Gasteiger partial charge in [-0.3, -0.25) is 9.67 Å². The Morgan fingerprint density at radius 1 is 1.12 bits per heavy atom. The van der Waals surface area contributed by atoms with E-state index < -0.39 is 0 Å². The minimum absolute atomic E-state index is 0.199. The SMILES string of the molecule is Cn1cc(COC(=O)c2ccc(OCc3ccccn3)cc2)cn1. The zero-order chi connectivity index (χ0) is 16.8. The van der Waals surface area contributed by atoms with Crippen LogP contribution < -0.4 is 4.74 Å². The zero-order valence-corrected chi connectivity index (χ0v) is 13.3. The standard InChI is InChI=1S/C18H17N3O3/c1-21-11-14(10-20-21)12-24-18(22)15-5-7-17(8-6-15)23-13-16-4-2-3-9-19-16/h2-11H,12-13H2,1H3. The summed E-state index contributed by atoms with van der Waals surface area (Å²) in [5.41, 5.74) is 2.17. The van der Waals surface area contributed by atoms with Crippen LogP contribution in [0.4, 0.5) is 0 Å². The Kier molecular flexibility index (Phi) is 4.86. The maximum atomic E-state index is 12.0. The summed E-state index contributed by atoms with van der Waals surface area (Å²) in [6.45, 7) is 0.580. The molecule has 3 rings (SSSR count). The number of nitrogens with zero attached hydrogens (tertiary/aromatic N) is 3. The number of pyridine rings is 1. The Morgan fingerprint density at radius 3 is 2.62 bits per heavy atom. The van der Waals surface area contributed by atoms with Crippen LogP contribution in [0, 0.1) is 0 Å². The minimum Gasteiger partial charge on any atom is -0.487 e. The minimum atomic E-state index is -0.380. The van der Waals surface area contributed by atoms with Crippen molar-refractivity contribution in [2.24, 2.45) is 7.05 Å². The van der Waals surface area contributed by atoms with Crippen molar-refractivity contribution in [1.82, 2.24) is 14.8 Å². The van der Waals surface area contributed by atoms with Crippen LogP contribution in [-0.2, 0) is 25.0 Å². The second-order valence-electron chi connectivity index (χ2n) is 5.23. The molecule has 0 aliphatic heterocycles. The fraction of sp³-hybridized carbons (Fsp3) is 0.167. The van der Waals surface area contributed by atoms with Gasteiger partial charge in [0, 0.05) is 25.0 Å². The molecule has 3 aromatic rings. The first kappa shape index (κ1) is 15.7. The van der Waals surface area contributed by atoms with Gasteiger partial charge in [0.05, 0.1) is 17.5 Å². The third kappa shape index (κ3) is 4.19. The molecule has 6 nitrogen and oxygen atoms in total. The van der Waals surface area contributed by atoms with E-state index in [1.807, 2.05) is 31.4 Å². The molecule has 0 aliphatic rings. The highest BCUT2D eigenvalue weighted by Crippen LogP contribution is 2.15. The van der Waals surface area contributed by atoms with Crippen molar-refractivity contribution >= 4 is 5.97 Å². The summed E-state index contributed by atoms with van der Waals surface area (Å²) >= 11 is 0. The van der Waals surface area contributed by atoms with Crippen LogP contribution in [0.3, 0.4) is 0 Å².